The number of fused-ring (bicyclic) bond motifs is 2. The van der Waals surface area contributed by atoms with E-state index < -0.39 is 6.10 Å². The maximum absolute atomic E-state index is 12.6. The van der Waals surface area contributed by atoms with Gasteiger partial charge in [0.2, 0.25) is 6.79 Å². The van der Waals surface area contributed by atoms with E-state index in [0.717, 1.165) is 28.4 Å². The van der Waals surface area contributed by atoms with E-state index in [4.69, 9.17) is 25.8 Å². The van der Waals surface area contributed by atoms with Crippen LogP contribution in [0.2, 0.25) is 5.02 Å². The summed E-state index contributed by atoms with van der Waals surface area (Å²) in [7, 11) is 3.96. The third kappa shape index (κ3) is 3.68. The van der Waals surface area contributed by atoms with Gasteiger partial charge in [-0.1, -0.05) is 17.7 Å². The van der Waals surface area contributed by atoms with Crippen molar-refractivity contribution in [3.8, 4) is 17.2 Å². The molecule has 0 fully saturated rings. The Labute approximate surface area is 163 Å². The molecule has 2 aromatic rings. The van der Waals surface area contributed by atoms with Gasteiger partial charge in [-0.2, -0.15) is 0 Å². The monoisotopic (exact) mass is 388 g/mol. The Hall–Kier alpha value is -2.44. The Morgan fingerprint density at radius 3 is 2.78 bits per heavy atom. The SMILES string of the molecule is CN(C)[C@@H](CNC(=O)[C@H]1Cc2cc(Cl)ccc2O1)c1ccc2c(c1)OCO2. The van der Waals surface area contributed by atoms with Crippen molar-refractivity contribution < 1.29 is 19.0 Å². The second-order valence-electron chi connectivity index (χ2n) is 6.90. The number of benzene rings is 2. The van der Waals surface area contributed by atoms with Gasteiger partial charge in [0, 0.05) is 18.0 Å². The van der Waals surface area contributed by atoms with E-state index in [1.165, 1.54) is 0 Å². The summed E-state index contributed by atoms with van der Waals surface area (Å²) in [6.45, 7) is 0.703. The first-order valence-corrected chi connectivity index (χ1v) is 9.18. The van der Waals surface area contributed by atoms with Gasteiger partial charge in [0.15, 0.2) is 17.6 Å². The molecule has 4 rings (SSSR count). The van der Waals surface area contributed by atoms with Crippen molar-refractivity contribution in [1.82, 2.24) is 10.2 Å². The maximum atomic E-state index is 12.6. The highest BCUT2D eigenvalue weighted by Crippen LogP contribution is 2.35. The Bertz CT molecular complexity index is 871. The van der Waals surface area contributed by atoms with Crippen molar-refractivity contribution in [1.29, 1.82) is 0 Å². The highest BCUT2D eigenvalue weighted by atomic mass is 35.5. The topological polar surface area (TPSA) is 60.0 Å². The van der Waals surface area contributed by atoms with Gasteiger partial charge in [0.25, 0.3) is 5.91 Å². The normalized spacial score (nSPS) is 18.1. The molecule has 2 heterocycles. The Balaban J connectivity index is 1.41. The number of hydrogen-bond acceptors (Lipinski definition) is 5. The predicted molar refractivity (Wildman–Crippen MR) is 102 cm³/mol. The van der Waals surface area contributed by atoms with Gasteiger partial charge < -0.3 is 24.4 Å². The molecule has 0 bridgehead atoms. The zero-order valence-corrected chi connectivity index (χ0v) is 16.0. The average molecular weight is 389 g/mol. The van der Waals surface area contributed by atoms with E-state index in [0.29, 0.717) is 18.0 Å². The summed E-state index contributed by atoms with van der Waals surface area (Å²) in [4.78, 5) is 14.7. The number of nitrogens with one attached hydrogen (secondary N) is 1. The minimum atomic E-state index is -0.530. The van der Waals surface area contributed by atoms with Gasteiger partial charge in [0.1, 0.15) is 5.75 Å². The number of carbonyl (C=O) groups is 1. The smallest absolute Gasteiger partial charge is 0.261 e. The van der Waals surface area contributed by atoms with Gasteiger partial charge in [-0.3, -0.25) is 4.79 Å². The molecule has 2 atom stereocenters. The fraction of sp³-hybridized carbons (Fsp3) is 0.350. The standard InChI is InChI=1S/C20H21ClN2O4/c1-23(2)15(12-3-5-17-18(8-12)26-11-25-17)10-22-20(24)19-9-13-7-14(21)4-6-16(13)27-19/h3-8,15,19H,9-11H2,1-2H3,(H,22,24)/t15-,19+/m0/s1. The first-order valence-electron chi connectivity index (χ1n) is 8.80. The second-order valence-corrected chi connectivity index (χ2v) is 7.34. The molecule has 0 saturated heterocycles. The van der Waals surface area contributed by atoms with Crippen molar-refractivity contribution in [2.75, 3.05) is 27.4 Å². The van der Waals surface area contributed by atoms with Crippen molar-refractivity contribution >= 4 is 17.5 Å². The van der Waals surface area contributed by atoms with Crippen LogP contribution in [0.15, 0.2) is 36.4 Å². The number of halogens is 1. The fourth-order valence-electron chi connectivity index (χ4n) is 3.39. The van der Waals surface area contributed by atoms with Crippen LogP contribution in [0.4, 0.5) is 0 Å². The van der Waals surface area contributed by atoms with Gasteiger partial charge in [0.05, 0.1) is 6.04 Å². The molecule has 0 aliphatic carbocycles. The van der Waals surface area contributed by atoms with E-state index in [-0.39, 0.29) is 18.7 Å². The van der Waals surface area contributed by atoms with Crippen LogP contribution >= 0.6 is 11.6 Å². The number of likely N-dealkylation sites (N-methyl/N-ethyl adjacent to an activating group) is 1. The number of hydrogen-bond donors (Lipinski definition) is 1. The largest absolute Gasteiger partial charge is 0.480 e. The van der Waals surface area contributed by atoms with Crippen LogP contribution in [0.5, 0.6) is 17.2 Å². The lowest BCUT2D eigenvalue weighted by atomic mass is 10.0. The van der Waals surface area contributed by atoms with Crippen LogP contribution in [0.1, 0.15) is 17.2 Å². The van der Waals surface area contributed by atoms with Crippen molar-refractivity contribution in [3.05, 3.63) is 52.5 Å². The fourth-order valence-corrected chi connectivity index (χ4v) is 3.59. The highest BCUT2D eigenvalue weighted by Gasteiger charge is 2.30. The zero-order chi connectivity index (χ0) is 19.0. The molecule has 0 radical (unpaired) electrons. The third-order valence-corrected chi connectivity index (χ3v) is 5.10. The Morgan fingerprint density at radius 1 is 1.19 bits per heavy atom. The molecule has 27 heavy (non-hydrogen) atoms. The molecule has 0 spiro atoms. The zero-order valence-electron chi connectivity index (χ0n) is 15.2. The molecule has 2 aliphatic rings. The molecular weight excluding hydrogens is 368 g/mol. The van der Waals surface area contributed by atoms with E-state index in [9.17, 15) is 4.79 Å². The van der Waals surface area contributed by atoms with E-state index in [1.807, 2.05) is 38.4 Å². The lowest BCUT2D eigenvalue weighted by Crippen LogP contribution is -2.41. The summed E-state index contributed by atoms with van der Waals surface area (Å²) in [5.41, 5.74) is 2.01. The summed E-state index contributed by atoms with van der Waals surface area (Å²) in [6.07, 6.45) is -0.00343. The minimum absolute atomic E-state index is 0.00155. The molecule has 6 nitrogen and oxygen atoms in total. The minimum Gasteiger partial charge on any atom is -0.480 e. The number of rotatable bonds is 5. The lowest BCUT2D eigenvalue weighted by molar-refractivity contribution is -0.127. The maximum Gasteiger partial charge on any atom is 0.261 e. The van der Waals surface area contributed by atoms with Crippen LogP contribution in [-0.2, 0) is 11.2 Å². The summed E-state index contributed by atoms with van der Waals surface area (Å²) >= 11 is 6.02. The molecule has 2 aliphatic heterocycles. The highest BCUT2D eigenvalue weighted by molar-refractivity contribution is 6.30. The first-order chi connectivity index (χ1) is 13.0. The van der Waals surface area contributed by atoms with E-state index in [1.54, 1.807) is 12.1 Å². The number of amides is 1. The summed E-state index contributed by atoms with van der Waals surface area (Å²) in [5.74, 6) is 2.07. The van der Waals surface area contributed by atoms with Crippen molar-refractivity contribution in [3.63, 3.8) is 0 Å². The molecule has 7 heteroatoms. The van der Waals surface area contributed by atoms with E-state index >= 15 is 0 Å². The predicted octanol–water partition coefficient (Wildman–Crippen LogP) is 2.79. The number of nitrogens with zero attached hydrogens (tertiary/aromatic N) is 1. The molecule has 0 saturated carbocycles. The number of ether oxygens (including phenoxy) is 3. The summed E-state index contributed by atoms with van der Waals surface area (Å²) in [5, 5.41) is 3.66. The molecule has 1 amide bonds. The van der Waals surface area contributed by atoms with Crippen LogP contribution in [0, 0.1) is 0 Å². The second kappa shape index (κ2) is 7.29. The molecule has 0 unspecified atom stereocenters. The van der Waals surface area contributed by atoms with Crippen molar-refractivity contribution in [2.24, 2.45) is 0 Å². The summed E-state index contributed by atoms with van der Waals surface area (Å²) in [6, 6.07) is 11.3. The van der Waals surface area contributed by atoms with Gasteiger partial charge in [-0.05, 0) is 55.6 Å². The van der Waals surface area contributed by atoms with Gasteiger partial charge in [-0.25, -0.2) is 0 Å². The Morgan fingerprint density at radius 2 is 1.96 bits per heavy atom. The number of carbonyl (C=O) groups excluding carboxylic acids is 1. The molecule has 2 aromatic carbocycles. The molecular formula is C20H21ClN2O4. The Kier molecular flexibility index (Phi) is 4.85. The van der Waals surface area contributed by atoms with Crippen LogP contribution in [-0.4, -0.2) is 44.3 Å². The van der Waals surface area contributed by atoms with Crippen molar-refractivity contribution in [2.45, 2.75) is 18.6 Å². The van der Waals surface area contributed by atoms with Crippen LogP contribution < -0.4 is 19.5 Å². The molecule has 142 valence electrons. The van der Waals surface area contributed by atoms with E-state index in [2.05, 4.69) is 10.2 Å². The lowest BCUT2D eigenvalue weighted by Gasteiger charge is -2.26. The first kappa shape index (κ1) is 17.9. The van der Waals surface area contributed by atoms with Gasteiger partial charge >= 0.3 is 0 Å². The quantitative estimate of drug-likeness (QED) is 0.853. The third-order valence-electron chi connectivity index (χ3n) is 4.86. The average Bonchev–Trinajstić information content (AvgIpc) is 3.27. The van der Waals surface area contributed by atoms with Crippen LogP contribution in [0.25, 0.3) is 0 Å². The van der Waals surface area contributed by atoms with Crippen LogP contribution in [0.3, 0.4) is 0 Å². The molecule has 1 N–H and O–H groups in total. The van der Waals surface area contributed by atoms with Gasteiger partial charge in [-0.15, -0.1) is 0 Å². The molecule has 0 aromatic heterocycles. The summed E-state index contributed by atoms with van der Waals surface area (Å²) < 4.78 is 16.6.